The largest absolute Gasteiger partial charge is 0.416 e. The molecule has 2 aromatic heterocycles. The fourth-order valence-electron chi connectivity index (χ4n) is 2.33. The minimum Gasteiger partial charge on any atom is -0.305 e. The summed E-state index contributed by atoms with van der Waals surface area (Å²) in [5.74, 6) is 0.359. The van der Waals surface area contributed by atoms with Crippen molar-refractivity contribution in [2.75, 3.05) is 0 Å². The number of alkyl halides is 3. The first-order valence-electron chi connectivity index (χ1n) is 6.80. The lowest BCUT2D eigenvalue weighted by Crippen LogP contribution is -2.06. The van der Waals surface area contributed by atoms with Gasteiger partial charge in [0.15, 0.2) is 11.0 Å². The molecule has 0 aliphatic rings. The second kappa shape index (κ2) is 6.51. The van der Waals surface area contributed by atoms with Crippen LogP contribution in [0, 0.1) is 0 Å². The molecule has 0 bridgehead atoms. The number of hydrogen-bond acceptors (Lipinski definition) is 4. The Labute approximate surface area is 156 Å². The van der Waals surface area contributed by atoms with E-state index in [4.69, 9.17) is 23.2 Å². The van der Waals surface area contributed by atoms with E-state index in [1.165, 1.54) is 18.2 Å². The number of nitrogens with zero attached hydrogens (tertiary/aromatic N) is 4. The quantitative estimate of drug-likeness (QED) is 0.473. The molecule has 0 radical (unpaired) electrons. The highest BCUT2D eigenvalue weighted by Gasteiger charge is 2.31. The number of benzene rings is 1. The highest BCUT2D eigenvalue weighted by atomic mass is 35.5. The van der Waals surface area contributed by atoms with Crippen LogP contribution in [0.4, 0.5) is 13.2 Å². The third kappa shape index (κ3) is 3.61. The van der Waals surface area contributed by atoms with E-state index in [1.807, 2.05) is 0 Å². The van der Waals surface area contributed by atoms with Gasteiger partial charge in [-0.15, -0.1) is 22.8 Å². The lowest BCUT2D eigenvalue weighted by Gasteiger charge is -2.14. The third-order valence-corrected chi connectivity index (χ3v) is 4.29. The highest BCUT2D eigenvalue weighted by molar-refractivity contribution is 7.80. The number of aromatic nitrogens is 4. The van der Waals surface area contributed by atoms with Gasteiger partial charge < -0.3 is 4.57 Å². The Kier molecular flexibility index (Phi) is 4.70. The average molecular weight is 405 g/mol. The summed E-state index contributed by atoms with van der Waals surface area (Å²) in [7, 11) is 1.66. The van der Waals surface area contributed by atoms with Gasteiger partial charge in [-0.05, 0) is 41.5 Å². The summed E-state index contributed by atoms with van der Waals surface area (Å²) in [6.45, 7) is 0. The predicted octanol–water partition coefficient (Wildman–Crippen LogP) is 5.16. The second-order valence-electron chi connectivity index (χ2n) is 5.14. The normalized spacial score (nSPS) is 11.8. The minimum absolute atomic E-state index is 0.0683. The van der Waals surface area contributed by atoms with Gasteiger partial charge in [0, 0.05) is 12.6 Å². The Morgan fingerprint density at radius 2 is 1.64 bits per heavy atom. The van der Waals surface area contributed by atoms with Crippen LogP contribution in [0.15, 0.2) is 35.5 Å². The molecule has 0 saturated carbocycles. The van der Waals surface area contributed by atoms with E-state index >= 15 is 0 Å². The molecule has 25 heavy (non-hydrogen) atoms. The van der Waals surface area contributed by atoms with E-state index in [0.717, 1.165) is 12.1 Å². The van der Waals surface area contributed by atoms with Crippen LogP contribution in [0.3, 0.4) is 0 Å². The summed E-state index contributed by atoms with van der Waals surface area (Å²) in [5.41, 5.74) is 0.268. The second-order valence-corrected chi connectivity index (χ2v) is 6.32. The third-order valence-electron chi connectivity index (χ3n) is 3.51. The molecule has 0 unspecified atom stereocenters. The molecule has 0 aliphatic carbocycles. The van der Waals surface area contributed by atoms with Crippen molar-refractivity contribution < 1.29 is 13.2 Å². The Bertz CT molecular complexity index is 936. The van der Waals surface area contributed by atoms with E-state index in [1.54, 1.807) is 11.6 Å². The molecule has 0 saturated heterocycles. The van der Waals surface area contributed by atoms with E-state index in [2.05, 4.69) is 27.8 Å². The highest BCUT2D eigenvalue weighted by Crippen LogP contribution is 2.38. The van der Waals surface area contributed by atoms with E-state index in [-0.39, 0.29) is 15.9 Å². The van der Waals surface area contributed by atoms with Gasteiger partial charge in [-0.25, -0.2) is 4.98 Å². The van der Waals surface area contributed by atoms with Gasteiger partial charge in [0.2, 0.25) is 0 Å². The summed E-state index contributed by atoms with van der Waals surface area (Å²) in [6.07, 6.45) is -4.50. The zero-order valence-corrected chi connectivity index (χ0v) is 14.9. The van der Waals surface area contributed by atoms with Crippen molar-refractivity contribution in [1.82, 2.24) is 19.7 Å². The molecule has 2 heterocycles. The van der Waals surface area contributed by atoms with Crippen LogP contribution in [0.5, 0.6) is 0 Å². The van der Waals surface area contributed by atoms with Crippen molar-refractivity contribution in [3.8, 4) is 22.5 Å². The standard InChI is InChI=1S/C15H9Cl2F3N4S/c1-24-13(22-23-14(24)25)9-3-2-8(15(18,19)20)6-10(9)7-4-11(16)21-12(17)5-7/h2-6H,1H3,(H,23,25). The van der Waals surface area contributed by atoms with Crippen LogP contribution in [-0.2, 0) is 13.2 Å². The van der Waals surface area contributed by atoms with Gasteiger partial charge in [-0.1, -0.05) is 23.2 Å². The van der Waals surface area contributed by atoms with Gasteiger partial charge in [0.25, 0.3) is 0 Å². The molecule has 0 fully saturated rings. The van der Waals surface area contributed by atoms with Crippen molar-refractivity contribution in [3.63, 3.8) is 0 Å². The SMILES string of the molecule is Cn1c(S)nnc1-c1ccc(C(F)(F)F)cc1-c1cc(Cl)nc(Cl)c1. The van der Waals surface area contributed by atoms with Crippen LogP contribution in [0.2, 0.25) is 10.3 Å². The van der Waals surface area contributed by atoms with Gasteiger partial charge in [-0.3, -0.25) is 0 Å². The molecule has 1 aromatic carbocycles. The fraction of sp³-hybridized carbons (Fsp3) is 0.133. The van der Waals surface area contributed by atoms with Crippen molar-refractivity contribution >= 4 is 35.8 Å². The summed E-state index contributed by atoms with van der Waals surface area (Å²) >= 11 is 15.9. The lowest BCUT2D eigenvalue weighted by atomic mass is 9.97. The van der Waals surface area contributed by atoms with Crippen LogP contribution < -0.4 is 0 Å². The zero-order valence-electron chi connectivity index (χ0n) is 12.5. The van der Waals surface area contributed by atoms with E-state index in [9.17, 15) is 13.2 Å². The lowest BCUT2D eigenvalue weighted by molar-refractivity contribution is -0.137. The Morgan fingerprint density at radius 3 is 2.16 bits per heavy atom. The number of halogens is 5. The van der Waals surface area contributed by atoms with Crippen molar-refractivity contribution in [1.29, 1.82) is 0 Å². The van der Waals surface area contributed by atoms with Crippen molar-refractivity contribution in [2.45, 2.75) is 11.3 Å². The van der Waals surface area contributed by atoms with Crippen molar-refractivity contribution in [3.05, 3.63) is 46.2 Å². The summed E-state index contributed by atoms with van der Waals surface area (Å²) in [4.78, 5) is 3.82. The van der Waals surface area contributed by atoms with Gasteiger partial charge in [0.1, 0.15) is 10.3 Å². The van der Waals surface area contributed by atoms with Crippen LogP contribution >= 0.6 is 35.8 Å². The van der Waals surface area contributed by atoms with Crippen LogP contribution in [0.25, 0.3) is 22.5 Å². The molecular formula is C15H9Cl2F3N4S. The summed E-state index contributed by atoms with van der Waals surface area (Å²) < 4.78 is 41.0. The molecule has 0 amide bonds. The maximum atomic E-state index is 13.1. The first kappa shape index (κ1) is 18.0. The summed E-state index contributed by atoms with van der Waals surface area (Å²) in [5, 5.41) is 8.27. The first-order chi connectivity index (χ1) is 11.7. The average Bonchev–Trinajstić information content (AvgIpc) is 2.84. The molecule has 3 aromatic rings. The monoisotopic (exact) mass is 404 g/mol. The molecule has 4 nitrogen and oxygen atoms in total. The van der Waals surface area contributed by atoms with Crippen molar-refractivity contribution in [2.24, 2.45) is 7.05 Å². The minimum atomic E-state index is -4.50. The van der Waals surface area contributed by atoms with E-state index in [0.29, 0.717) is 22.1 Å². The maximum absolute atomic E-state index is 13.1. The first-order valence-corrected chi connectivity index (χ1v) is 8.00. The fourth-order valence-corrected chi connectivity index (χ4v) is 2.93. The predicted molar refractivity (Wildman–Crippen MR) is 91.9 cm³/mol. The maximum Gasteiger partial charge on any atom is 0.416 e. The molecule has 0 spiro atoms. The summed E-state index contributed by atoms with van der Waals surface area (Å²) in [6, 6.07) is 6.20. The molecular weight excluding hydrogens is 396 g/mol. The van der Waals surface area contributed by atoms with E-state index < -0.39 is 11.7 Å². The van der Waals surface area contributed by atoms with Crippen LogP contribution in [-0.4, -0.2) is 19.7 Å². The molecule has 10 heteroatoms. The number of pyridine rings is 1. The molecule has 3 rings (SSSR count). The zero-order chi connectivity index (χ0) is 18.4. The van der Waals surface area contributed by atoms with Gasteiger partial charge in [0.05, 0.1) is 5.56 Å². The smallest absolute Gasteiger partial charge is 0.305 e. The molecule has 130 valence electrons. The Morgan fingerprint density at radius 1 is 1.00 bits per heavy atom. The number of hydrogen-bond donors (Lipinski definition) is 1. The number of thiol groups is 1. The van der Waals surface area contributed by atoms with Crippen LogP contribution in [0.1, 0.15) is 5.56 Å². The number of rotatable bonds is 2. The Balaban J connectivity index is 2.30. The Hall–Kier alpha value is -1.77. The van der Waals surface area contributed by atoms with Gasteiger partial charge >= 0.3 is 6.18 Å². The molecule has 0 N–H and O–H groups in total. The molecule has 0 aliphatic heterocycles. The topological polar surface area (TPSA) is 43.6 Å². The molecule has 0 atom stereocenters. The van der Waals surface area contributed by atoms with Gasteiger partial charge in [-0.2, -0.15) is 13.2 Å².